The topological polar surface area (TPSA) is 69.7 Å². The summed E-state index contributed by atoms with van der Waals surface area (Å²) in [6.07, 6.45) is 6.61. The van der Waals surface area contributed by atoms with Gasteiger partial charge in [-0.25, -0.2) is 12.7 Å². The van der Waals surface area contributed by atoms with Gasteiger partial charge in [0.05, 0.1) is 10.5 Å². The molecular formula is C21H35N3O3S. The summed E-state index contributed by atoms with van der Waals surface area (Å²) in [6.45, 7) is 6.73. The molecule has 7 heteroatoms. The van der Waals surface area contributed by atoms with Gasteiger partial charge in [-0.3, -0.25) is 4.79 Å². The molecule has 1 saturated heterocycles. The van der Waals surface area contributed by atoms with Gasteiger partial charge in [-0.2, -0.15) is 0 Å². The fourth-order valence-corrected chi connectivity index (χ4v) is 4.51. The van der Waals surface area contributed by atoms with Crippen LogP contribution in [0.2, 0.25) is 0 Å². The van der Waals surface area contributed by atoms with Gasteiger partial charge < -0.3 is 10.2 Å². The lowest BCUT2D eigenvalue weighted by Gasteiger charge is -2.23. The standard InChI is InChI=1S/C21H35N3O3S/c1-5-7-10-17(6-2)16-22-21(25)19-15-18(28(26,27)23(3)4)11-12-20(19)24-13-8-9-14-24/h11-12,15,17H,5-10,13-14,16H2,1-4H3,(H,22,25). The maximum atomic E-state index is 13.0. The summed E-state index contributed by atoms with van der Waals surface area (Å²) >= 11 is 0. The summed E-state index contributed by atoms with van der Waals surface area (Å²) < 4.78 is 26.3. The molecule has 0 aliphatic carbocycles. The third-order valence-electron chi connectivity index (χ3n) is 5.53. The van der Waals surface area contributed by atoms with Crippen molar-refractivity contribution in [1.29, 1.82) is 0 Å². The van der Waals surface area contributed by atoms with Crippen LogP contribution in [0.25, 0.3) is 0 Å². The predicted octanol–water partition coefficient (Wildman–Crippen LogP) is 3.48. The van der Waals surface area contributed by atoms with E-state index in [1.54, 1.807) is 12.1 Å². The summed E-state index contributed by atoms with van der Waals surface area (Å²) in [4.78, 5) is 15.4. The van der Waals surface area contributed by atoms with Crippen molar-refractivity contribution in [2.24, 2.45) is 5.92 Å². The number of nitrogens with zero attached hydrogens (tertiary/aromatic N) is 2. The van der Waals surface area contributed by atoms with Crippen LogP contribution < -0.4 is 10.2 Å². The van der Waals surface area contributed by atoms with E-state index in [4.69, 9.17) is 0 Å². The Bertz CT molecular complexity index is 756. The zero-order valence-corrected chi connectivity index (χ0v) is 18.5. The highest BCUT2D eigenvalue weighted by atomic mass is 32.2. The normalized spacial score (nSPS) is 15.8. The molecule has 1 aliphatic heterocycles. The number of amides is 1. The monoisotopic (exact) mass is 409 g/mol. The fourth-order valence-electron chi connectivity index (χ4n) is 3.58. The largest absolute Gasteiger partial charge is 0.371 e. The summed E-state index contributed by atoms with van der Waals surface area (Å²) in [5, 5.41) is 3.06. The molecule has 0 radical (unpaired) electrons. The molecule has 0 saturated carbocycles. The Morgan fingerprint density at radius 2 is 1.89 bits per heavy atom. The van der Waals surface area contributed by atoms with Crippen LogP contribution in [0.1, 0.15) is 62.7 Å². The Kier molecular flexibility index (Phi) is 8.31. The Morgan fingerprint density at radius 1 is 1.21 bits per heavy atom. The van der Waals surface area contributed by atoms with E-state index in [1.807, 2.05) is 0 Å². The van der Waals surface area contributed by atoms with E-state index in [2.05, 4.69) is 24.1 Å². The number of unbranched alkanes of at least 4 members (excludes halogenated alkanes) is 1. The van der Waals surface area contributed by atoms with Crippen LogP contribution in [0.15, 0.2) is 23.1 Å². The first-order valence-electron chi connectivity index (χ1n) is 10.4. The minimum Gasteiger partial charge on any atom is -0.371 e. The van der Waals surface area contributed by atoms with E-state index in [0.717, 1.165) is 57.3 Å². The predicted molar refractivity (Wildman–Crippen MR) is 114 cm³/mol. The highest BCUT2D eigenvalue weighted by Gasteiger charge is 2.24. The van der Waals surface area contributed by atoms with Gasteiger partial charge >= 0.3 is 0 Å². The second-order valence-electron chi connectivity index (χ2n) is 7.79. The molecule has 0 aromatic heterocycles. The maximum Gasteiger partial charge on any atom is 0.253 e. The second-order valence-corrected chi connectivity index (χ2v) is 9.94. The number of sulfonamides is 1. The number of carbonyl (C=O) groups is 1. The van der Waals surface area contributed by atoms with Crippen LogP contribution in [0.4, 0.5) is 5.69 Å². The Labute approximate surface area is 170 Å². The van der Waals surface area contributed by atoms with Crippen molar-refractivity contribution in [3.05, 3.63) is 23.8 Å². The van der Waals surface area contributed by atoms with Gasteiger partial charge in [0.1, 0.15) is 0 Å². The molecule has 158 valence electrons. The van der Waals surface area contributed by atoms with Gasteiger partial charge in [-0.1, -0.05) is 33.1 Å². The number of benzene rings is 1. The molecular weight excluding hydrogens is 374 g/mol. The summed E-state index contributed by atoms with van der Waals surface area (Å²) in [5.41, 5.74) is 1.28. The molecule has 6 nitrogen and oxygen atoms in total. The highest BCUT2D eigenvalue weighted by Crippen LogP contribution is 2.28. The van der Waals surface area contributed by atoms with Crippen LogP contribution in [0.5, 0.6) is 0 Å². The highest BCUT2D eigenvalue weighted by molar-refractivity contribution is 7.89. The molecule has 2 rings (SSSR count). The van der Waals surface area contributed by atoms with E-state index in [1.165, 1.54) is 24.5 Å². The molecule has 0 bridgehead atoms. The van der Waals surface area contributed by atoms with Gasteiger partial charge in [0.2, 0.25) is 10.0 Å². The lowest BCUT2D eigenvalue weighted by Crippen LogP contribution is -2.32. The van der Waals surface area contributed by atoms with Crippen molar-refractivity contribution < 1.29 is 13.2 Å². The van der Waals surface area contributed by atoms with Crippen LogP contribution in [-0.2, 0) is 10.0 Å². The van der Waals surface area contributed by atoms with E-state index in [9.17, 15) is 13.2 Å². The first-order valence-corrected chi connectivity index (χ1v) is 11.8. The summed E-state index contributed by atoms with van der Waals surface area (Å²) in [7, 11) is -0.580. The second kappa shape index (κ2) is 10.3. The van der Waals surface area contributed by atoms with Gasteiger partial charge in [0.25, 0.3) is 5.91 Å². The fraction of sp³-hybridized carbons (Fsp3) is 0.667. The lowest BCUT2D eigenvalue weighted by atomic mass is 9.99. The number of nitrogens with one attached hydrogen (secondary N) is 1. The van der Waals surface area contributed by atoms with E-state index >= 15 is 0 Å². The molecule has 1 aromatic carbocycles. The summed E-state index contributed by atoms with van der Waals surface area (Å²) in [5.74, 6) is 0.264. The first kappa shape index (κ1) is 22.7. The minimum absolute atomic E-state index is 0.156. The van der Waals surface area contributed by atoms with Crippen molar-refractivity contribution in [2.75, 3.05) is 38.6 Å². The van der Waals surface area contributed by atoms with Crippen molar-refractivity contribution in [3.8, 4) is 0 Å². The molecule has 28 heavy (non-hydrogen) atoms. The lowest BCUT2D eigenvalue weighted by molar-refractivity contribution is 0.0946. The number of anilines is 1. The molecule has 1 amide bonds. The Balaban J connectivity index is 2.28. The molecule has 1 atom stereocenters. The van der Waals surface area contributed by atoms with Crippen molar-refractivity contribution in [2.45, 2.75) is 57.3 Å². The molecule has 1 aliphatic rings. The van der Waals surface area contributed by atoms with Gasteiger partial charge in [-0.15, -0.1) is 0 Å². The third-order valence-corrected chi connectivity index (χ3v) is 7.34. The van der Waals surface area contributed by atoms with E-state index < -0.39 is 10.0 Å². The van der Waals surface area contributed by atoms with Crippen LogP contribution in [-0.4, -0.2) is 52.4 Å². The van der Waals surface area contributed by atoms with E-state index in [0.29, 0.717) is 18.0 Å². The minimum atomic E-state index is -3.59. The van der Waals surface area contributed by atoms with Crippen LogP contribution in [0.3, 0.4) is 0 Å². The number of rotatable bonds is 10. The number of hydrogen-bond acceptors (Lipinski definition) is 4. The maximum absolute atomic E-state index is 13.0. The SMILES string of the molecule is CCCCC(CC)CNC(=O)c1cc(S(=O)(=O)N(C)C)ccc1N1CCCC1. The summed E-state index contributed by atoms with van der Waals surface area (Å²) in [6, 6.07) is 4.92. The average molecular weight is 410 g/mol. The van der Waals surface area contributed by atoms with Gasteiger partial charge in [-0.05, 0) is 43.4 Å². The smallest absolute Gasteiger partial charge is 0.253 e. The first-order chi connectivity index (χ1) is 13.3. The van der Waals surface area contributed by atoms with Gasteiger partial charge in [0.15, 0.2) is 0 Å². The van der Waals surface area contributed by atoms with Crippen LogP contribution >= 0.6 is 0 Å². The Morgan fingerprint density at radius 3 is 2.46 bits per heavy atom. The molecule has 1 fully saturated rings. The van der Waals surface area contributed by atoms with E-state index in [-0.39, 0.29) is 10.8 Å². The average Bonchev–Trinajstić information content (AvgIpc) is 3.22. The van der Waals surface area contributed by atoms with Crippen molar-refractivity contribution in [3.63, 3.8) is 0 Å². The van der Waals surface area contributed by atoms with Crippen LogP contribution in [0, 0.1) is 5.92 Å². The molecule has 1 aromatic rings. The third kappa shape index (κ3) is 5.47. The Hall–Kier alpha value is -1.60. The molecule has 0 spiro atoms. The zero-order chi connectivity index (χ0) is 20.7. The van der Waals surface area contributed by atoms with Crippen molar-refractivity contribution in [1.82, 2.24) is 9.62 Å². The quantitative estimate of drug-likeness (QED) is 0.642. The molecule has 1 unspecified atom stereocenters. The van der Waals surface area contributed by atoms with Gasteiger partial charge in [0, 0.05) is 39.4 Å². The zero-order valence-electron chi connectivity index (χ0n) is 17.7. The molecule has 1 N–H and O–H groups in total. The van der Waals surface area contributed by atoms with Crippen molar-refractivity contribution >= 4 is 21.6 Å². The number of carbonyl (C=O) groups excluding carboxylic acids is 1. The number of hydrogen-bond donors (Lipinski definition) is 1. The molecule has 1 heterocycles.